The Morgan fingerprint density at radius 3 is 2.59 bits per heavy atom. The van der Waals surface area contributed by atoms with Crippen LogP contribution in [0.5, 0.6) is 5.75 Å². The molecular formula is C11H11F3O3. The van der Waals surface area contributed by atoms with Gasteiger partial charge in [-0.2, -0.15) is 13.2 Å². The molecule has 1 aromatic carbocycles. The maximum Gasteiger partial charge on any atom is 0.396 e. The standard InChI is InChI=1S/C11H11F3O3/c1-17-10(16)6-9(11(12,13)14)7-3-2-4-8(15)5-7/h2-5,9,15H,6H2,1H3. The number of alkyl halides is 3. The summed E-state index contributed by atoms with van der Waals surface area (Å²) < 4.78 is 42.5. The van der Waals surface area contributed by atoms with Crippen LogP contribution in [0.3, 0.4) is 0 Å². The van der Waals surface area contributed by atoms with Gasteiger partial charge < -0.3 is 9.84 Å². The number of benzene rings is 1. The molecular weight excluding hydrogens is 237 g/mol. The minimum Gasteiger partial charge on any atom is -0.508 e. The predicted molar refractivity (Wildman–Crippen MR) is 53.5 cm³/mol. The molecule has 0 saturated heterocycles. The second-order valence-corrected chi connectivity index (χ2v) is 3.47. The van der Waals surface area contributed by atoms with E-state index in [1.807, 2.05) is 0 Å². The smallest absolute Gasteiger partial charge is 0.396 e. The summed E-state index contributed by atoms with van der Waals surface area (Å²) in [7, 11) is 1.03. The van der Waals surface area contributed by atoms with Crippen molar-refractivity contribution in [3.63, 3.8) is 0 Å². The van der Waals surface area contributed by atoms with Crippen molar-refractivity contribution in [1.29, 1.82) is 0 Å². The van der Waals surface area contributed by atoms with Gasteiger partial charge in [0.2, 0.25) is 0 Å². The predicted octanol–water partition coefficient (Wildman–Crippen LogP) is 2.60. The molecule has 0 bridgehead atoms. The molecule has 0 amide bonds. The second-order valence-electron chi connectivity index (χ2n) is 3.47. The highest BCUT2D eigenvalue weighted by molar-refractivity contribution is 5.70. The maximum absolute atomic E-state index is 12.7. The highest BCUT2D eigenvalue weighted by atomic mass is 19.4. The number of hydrogen-bond acceptors (Lipinski definition) is 3. The Hall–Kier alpha value is -1.72. The molecule has 0 radical (unpaired) electrons. The van der Waals surface area contributed by atoms with Crippen molar-refractivity contribution < 1.29 is 27.8 Å². The fourth-order valence-electron chi connectivity index (χ4n) is 1.41. The number of phenolic OH excluding ortho intramolecular Hbond substituents is 1. The van der Waals surface area contributed by atoms with Crippen LogP contribution in [-0.2, 0) is 9.53 Å². The summed E-state index contributed by atoms with van der Waals surface area (Å²) in [6, 6.07) is 4.75. The van der Waals surface area contributed by atoms with Crippen LogP contribution in [0.15, 0.2) is 24.3 Å². The molecule has 1 atom stereocenters. The van der Waals surface area contributed by atoms with Gasteiger partial charge in [0.05, 0.1) is 19.4 Å². The van der Waals surface area contributed by atoms with Crippen molar-refractivity contribution >= 4 is 5.97 Å². The number of aromatic hydroxyl groups is 1. The molecule has 3 nitrogen and oxygen atoms in total. The van der Waals surface area contributed by atoms with E-state index in [0.29, 0.717) is 0 Å². The quantitative estimate of drug-likeness (QED) is 0.836. The topological polar surface area (TPSA) is 46.5 Å². The second kappa shape index (κ2) is 5.07. The number of phenols is 1. The minimum atomic E-state index is -4.57. The normalized spacial score (nSPS) is 13.2. The zero-order valence-electron chi connectivity index (χ0n) is 8.99. The summed E-state index contributed by atoms with van der Waals surface area (Å²) in [6.07, 6.45) is -5.37. The third-order valence-corrected chi connectivity index (χ3v) is 2.27. The van der Waals surface area contributed by atoms with E-state index in [2.05, 4.69) is 4.74 Å². The van der Waals surface area contributed by atoms with Crippen molar-refractivity contribution in [2.75, 3.05) is 7.11 Å². The molecule has 0 aliphatic rings. The molecule has 0 aromatic heterocycles. The molecule has 0 spiro atoms. The summed E-state index contributed by atoms with van der Waals surface area (Å²) in [4.78, 5) is 10.9. The van der Waals surface area contributed by atoms with Crippen LogP contribution >= 0.6 is 0 Å². The van der Waals surface area contributed by atoms with Gasteiger partial charge in [-0.1, -0.05) is 12.1 Å². The van der Waals surface area contributed by atoms with Crippen LogP contribution in [0.1, 0.15) is 17.9 Å². The summed E-state index contributed by atoms with van der Waals surface area (Å²) in [5, 5.41) is 9.14. The molecule has 0 saturated carbocycles. The van der Waals surface area contributed by atoms with E-state index < -0.39 is 24.5 Å². The van der Waals surface area contributed by atoms with E-state index in [1.165, 1.54) is 18.2 Å². The highest BCUT2D eigenvalue weighted by Crippen LogP contribution is 2.38. The molecule has 1 unspecified atom stereocenters. The lowest BCUT2D eigenvalue weighted by atomic mass is 9.95. The fourth-order valence-corrected chi connectivity index (χ4v) is 1.41. The van der Waals surface area contributed by atoms with E-state index in [9.17, 15) is 18.0 Å². The van der Waals surface area contributed by atoms with Crippen LogP contribution in [-0.4, -0.2) is 24.4 Å². The maximum atomic E-state index is 12.7. The first kappa shape index (κ1) is 13.3. The van der Waals surface area contributed by atoms with Gasteiger partial charge in [0.25, 0.3) is 0 Å². The number of carbonyl (C=O) groups excluding carboxylic acids is 1. The Labute approximate surface area is 95.8 Å². The first-order valence-electron chi connectivity index (χ1n) is 4.77. The van der Waals surface area contributed by atoms with Crippen molar-refractivity contribution in [3.05, 3.63) is 29.8 Å². The van der Waals surface area contributed by atoms with E-state index in [4.69, 9.17) is 5.11 Å². The molecule has 0 aliphatic heterocycles. The largest absolute Gasteiger partial charge is 0.508 e. The molecule has 6 heteroatoms. The number of carbonyl (C=O) groups is 1. The Balaban J connectivity index is 3.02. The lowest BCUT2D eigenvalue weighted by Gasteiger charge is -2.19. The van der Waals surface area contributed by atoms with Crippen molar-refractivity contribution in [1.82, 2.24) is 0 Å². The number of rotatable bonds is 3. The van der Waals surface area contributed by atoms with E-state index in [1.54, 1.807) is 0 Å². The molecule has 1 N–H and O–H groups in total. The fraction of sp³-hybridized carbons (Fsp3) is 0.364. The SMILES string of the molecule is COC(=O)CC(c1cccc(O)c1)C(F)(F)F. The third kappa shape index (κ3) is 3.65. The van der Waals surface area contributed by atoms with E-state index in [-0.39, 0.29) is 11.3 Å². The number of ether oxygens (including phenoxy) is 1. The monoisotopic (exact) mass is 248 g/mol. The van der Waals surface area contributed by atoms with Gasteiger partial charge in [-0.05, 0) is 17.7 Å². The van der Waals surface area contributed by atoms with Gasteiger partial charge in [-0.25, -0.2) is 0 Å². The van der Waals surface area contributed by atoms with Gasteiger partial charge in [0, 0.05) is 0 Å². The van der Waals surface area contributed by atoms with Crippen LogP contribution in [0, 0.1) is 0 Å². The number of methoxy groups -OCH3 is 1. The lowest BCUT2D eigenvalue weighted by molar-refractivity contribution is -0.164. The van der Waals surface area contributed by atoms with Crippen LogP contribution < -0.4 is 0 Å². The molecule has 0 fully saturated rings. The lowest BCUT2D eigenvalue weighted by Crippen LogP contribution is -2.24. The summed E-state index contributed by atoms with van der Waals surface area (Å²) in [5.74, 6) is -3.20. The van der Waals surface area contributed by atoms with Gasteiger partial charge in [-0.15, -0.1) is 0 Å². The molecule has 0 heterocycles. The van der Waals surface area contributed by atoms with Crippen molar-refractivity contribution in [2.45, 2.75) is 18.5 Å². The average Bonchev–Trinajstić information content (AvgIpc) is 2.23. The number of esters is 1. The van der Waals surface area contributed by atoms with Gasteiger partial charge >= 0.3 is 12.1 Å². The first-order chi connectivity index (χ1) is 7.84. The van der Waals surface area contributed by atoms with E-state index >= 15 is 0 Å². The summed E-state index contributed by atoms with van der Waals surface area (Å²) in [5.41, 5.74) is -0.164. The van der Waals surface area contributed by atoms with Gasteiger partial charge in [0.1, 0.15) is 5.75 Å². The van der Waals surface area contributed by atoms with Crippen LogP contribution in [0.25, 0.3) is 0 Å². The summed E-state index contributed by atoms with van der Waals surface area (Å²) >= 11 is 0. The van der Waals surface area contributed by atoms with Crippen molar-refractivity contribution in [3.8, 4) is 5.75 Å². The third-order valence-electron chi connectivity index (χ3n) is 2.27. The Bertz CT molecular complexity index is 401. The molecule has 0 aliphatic carbocycles. The minimum absolute atomic E-state index is 0.164. The first-order valence-corrected chi connectivity index (χ1v) is 4.77. The van der Waals surface area contributed by atoms with E-state index in [0.717, 1.165) is 13.2 Å². The average molecular weight is 248 g/mol. The van der Waals surface area contributed by atoms with Gasteiger partial charge in [-0.3, -0.25) is 4.79 Å². The molecule has 94 valence electrons. The zero-order valence-corrected chi connectivity index (χ0v) is 8.99. The van der Waals surface area contributed by atoms with Gasteiger partial charge in [0.15, 0.2) is 0 Å². The summed E-state index contributed by atoms with van der Waals surface area (Å²) in [6.45, 7) is 0. The molecule has 17 heavy (non-hydrogen) atoms. The van der Waals surface area contributed by atoms with Crippen LogP contribution in [0.4, 0.5) is 13.2 Å². The van der Waals surface area contributed by atoms with Crippen molar-refractivity contribution in [2.24, 2.45) is 0 Å². The number of halogens is 3. The Morgan fingerprint density at radius 2 is 2.12 bits per heavy atom. The molecule has 1 aromatic rings. The number of hydrogen-bond donors (Lipinski definition) is 1. The Kier molecular flexibility index (Phi) is 3.98. The highest BCUT2D eigenvalue weighted by Gasteiger charge is 2.42. The van der Waals surface area contributed by atoms with Crippen LogP contribution in [0.2, 0.25) is 0 Å². The Morgan fingerprint density at radius 1 is 1.47 bits per heavy atom. The molecule has 1 rings (SSSR count). The zero-order chi connectivity index (χ0) is 13.1.